The number of methoxy groups -OCH3 is 1. The molecule has 4 N–H and O–H groups in total. The lowest BCUT2D eigenvalue weighted by atomic mass is 10.1. The molecule has 0 saturated carbocycles. The summed E-state index contributed by atoms with van der Waals surface area (Å²) in [6, 6.07) is 7.18. The van der Waals surface area contributed by atoms with Crippen LogP contribution in [0, 0.1) is 0 Å². The maximum Gasteiger partial charge on any atom is 0.0917 e. The molecule has 0 heterocycles. The number of nitrogens with zero attached hydrogens (tertiary/aromatic N) is 1. The van der Waals surface area contributed by atoms with Crippen LogP contribution in [0.1, 0.15) is 11.7 Å². The first kappa shape index (κ1) is 14.9. The maximum atomic E-state index is 10.0. The van der Waals surface area contributed by atoms with Gasteiger partial charge in [0.05, 0.1) is 18.8 Å². The first-order valence-electron chi connectivity index (χ1n) is 5.92. The molecule has 0 bridgehead atoms. The van der Waals surface area contributed by atoms with Crippen LogP contribution in [0.15, 0.2) is 24.3 Å². The van der Waals surface area contributed by atoms with E-state index in [-0.39, 0.29) is 0 Å². The van der Waals surface area contributed by atoms with E-state index < -0.39 is 12.2 Å². The van der Waals surface area contributed by atoms with Crippen molar-refractivity contribution in [2.45, 2.75) is 12.2 Å². The second-order valence-corrected chi connectivity index (χ2v) is 4.52. The van der Waals surface area contributed by atoms with Gasteiger partial charge in [-0.2, -0.15) is 0 Å². The number of anilines is 1. The topological polar surface area (TPSA) is 79.0 Å². The lowest BCUT2D eigenvalue weighted by Crippen LogP contribution is -2.34. The smallest absolute Gasteiger partial charge is 0.0917 e. The number of nitrogens with two attached hydrogens (primary N) is 1. The Labute approximate surface area is 108 Å². The third-order valence-electron chi connectivity index (χ3n) is 2.66. The van der Waals surface area contributed by atoms with Gasteiger partial charge < -0.3 is 25.6 Å². The second-order valence-electron chi connectivity index (χ2n) is 4.52. The van der Waals surface area contributed by atoms with Crippen molar-refractivity contribution in [3.63, 3.8) is 0 Å². The SMILES string of the molecule is COCC(O)CN(C)CC(O)c1cccc(N)c1. The van der Waals surface area contributed by atoms with Gasteiger partial charge in [-0.1, -0.05) is 12.1 Å². The molecule has 0 fully saturated rings. The lowest BCUT2D eigenvalue weighted by molar-refractivity contribution is 0.0318. The first-order chi connectivity index (χ1) is 8.52. The van der Waals surface area contributed by atoms with Crippen molar-refractivity contribution in [3.05, 3.63) is 29.8 Å². The van der Waals surface area contributed by atoms with E-state index in [1.54, 1.807) is 19.2 Å². The Balaban J connectivity index is 2.46. The Morgan fingerprint density at radius 2 is 2.06 bits per heavy atom. The van der Waals surface area contributed by atoms with Gasteiger partial charge in [0.15, 0.2) is 0 Å². The molecule has 0 aliphatic carbocycles. The van der Waals surface area contributed by atoms with Gasteiger partial charge in [-0.25, -0.2) is 0 Å². The Kier molecular flexibility index (Phi) is 6.07. The van der Waals surface area contributed by atoms with Gasteiger partial charge in [0.2, 0.25) is 0 Å². The Morgan fingerprint density at radius 1 is 1.33 bits per heavy atom. The fraction of sp³-hybridized carbons (Fsp3) is 0.538. The van der Waals surface area contributed by atoms with E-state index in [4.69, 9.17) is 10.5 Å². The maximum absolute atomic E-state index is 10.0. The molecular weight excluding hydrogens is 232 g/mol. The number of benzene rings is 1. The van der Waals surface area contributed by atoms with Gasteiger partial charge in [-0.05, 0) is 24.7 Å². The number of likely N-dealkylation sites (N-methyl/N-ethyl adjacent to an activating group) is 1. The van der Waals surface area contributed by atoms with Crippen LogP contribution in [-0.2, 0) is 4.74 Å². The molecule has 1 aromatic carbocycles. The summed E-state index contributed by atoms with van der Waals surface area (Å²) in [6.07, 6.45) is -1.17. The van der Waals surface area contributed by atoms with E-state index in [1.165, 1.54) is 0 Å². The number of nitrogen functional groups attached to an aromatic ring is 1. The molecule has 0 aromatic heterocycles. The molecule has 18 heavy (non-hydrogen) atoms. The predicted molar refractivity (Wildman–Crippen MR) is 71.2 cm³/mol. The Hall–Kier alpha value is -1.14. The van der Waals surface area contributed by atoms with E-state index in [9.17, 15) is 10.2 Å². The highest BCUT2D eigenvalue weighted by molar-refractivity contribution is 5.41. The first-order valence-corrected chi connectivity index (χ1v) is 5.92. The highest BCUT2D eigenvalue weighted by atomic mass is 16.5. The summed E-state index contributed by atoms with van der Waals surface area (Å²) in [7, 11) is 3.39. The van der Waals surface area contributed by atoms with E-state index in [1.807, 2.05) is 24.1 Å². The molecular formula is C13H22N2O3. The summed E-state index contributed by atoms with van der Waals surface area (Å²) < 4.78 is 4.85. The van der Waals surface area contributed by atoms with Crippen molar-refractivity contribution in [1.82, 2.24) is 4.90 Å². The highest BCUT2D eigenvalue weighted by Gasteiger charge is 2.13. The summed E-state index contributed by atoms with van der Waals surface area (Å²) in [5.74, 6) is 0. The van der Waals surface area contributed by atoms with Crippen molar-refractivity contribution in [3.8, 4) is 0 Å². The molecule has 1 rings (SSSR count). The number of ether oxygens (including phenoxy) is 1. The summed E-state index contributed by atoms with van der Waals surface area (Å²) >= 11 is 0. The molecule has 5 nitrogen and oxygen atoms in total. The quantitative estimate of drug-likeness (QED) is 0.608. The number of aliphatic hydroxyl groups excluding tert-OH is 2. The third-order valence-corrected chi connectivity index (χ3v) is 2.66. The van der Waals surface area contributed by atoms with E-state index >= 15 is 0 Å². The van der Waals surface area contributed by atoms with Crippen molar-refractivity contribution in [2.24, 2.45) is 0 Å². The Bertz CT molecular complexity index is 360. The molecule has 0 amide bonds. The van der Waals surface area contributed by atoms with Gasteiger partial charge in [0.1, 0.15) is 0 Å². The summed E-state index contributed by atoms with van der Waals surface area (Å²) in [5.41, 5.74) is 7.08. The lowest BCUT2D eigenvalue weighted by Gasteiger charge is -2.23. The molecule has 2 atom stereocenters. The molecule has 0 radical (unpaired) electrons. The zero-order valence-electron chi connectivity index (χ0n) is 10.9. The average Bonchev–Trinajstić information content (AvgIpc) is 2.28. The zero-order valence-corrected chi connectivity index (χ0v) is 10.9. The molecule has 0 aliphatic rings. The number of rotatable bonds is 7. The molecule has 2 unspecified atom stereocenters. The van der Waals surface area contributed by atoms with Gasteiger partial charge in [-0.15, -0.1) is 0 Å². The summed E-state index contributed by atoms with van der Waals surface area (Å²) in [6.45, 7) is 1.18. The van der Waals surface area contributed by atoms with Crippen molar-refractivity contribution < 1.29 is 14.9 Å². The van der Waals surface area contributed by atoms with Gasteiger partial charge in [0, 0.05) is 25.9 Å². The van der Waals surface area contributed by atoms with Gasteiger partial charge in [-0.3, -0.25) is 0 Å². The van der Waals surface area contributed by atoms with Gasteiger partial charge >= 0.3 is 0 Å². The molecule has 0 aliphatic heterocycles. The minimum Gasteiger partial charge on any atom is -0.399 e. The zero-order chi connectivity index (χ0) is 13.5. The number of hydrogen-bond acceptors (Lipinski definition) is 5. The Morgan fingerprint density at radius 3 is 2.67 bits per heavy atom. The standard InChI is InChI=1S/C13H22N2O3/c1-15(7-12(16)9-18-2)8-13(17)10-4-3-5-11(14)6-10/h3-6,12-13,16-17H,7-9,14H2,1-2H3. The van der Waals surface area contributed by atoms with Crippen LogP contribution >= 0.6 is 0 Å². The van der Waals surface area contributed by atoms with Crippen LogP contribution in [0.3, 0.4) is 0 Å². The fourth-order valence-corrected chi connectivity index (χ4v) is 1.85. The van der Waals surface area contributed by atoms with Crippen molar-refractivity contribution >= 4 is 5.69 Å². The molecule has 0 saturated heterocycles. The highest BCUT2D eigenvalue weighted by Crippen LogP contribution is 2.16. The van der Waals surface area contributed by atoms with Crippen molar-refractivity contribution in [1.29, 1.82) is 0 Å². The molecule has 1 aromatic rings. The van der Waals surface area contributed by atoms with Gasteiger partial charge in [0.25, 0.3) is 0 Å². The van der Waals surface area contributed by atoms with E-state index in [2.05, 4.69) is 0 Å². The summed E-state index contributed by atoms with van der Waals surface area (Å²) in [5, 5.41) is 19.6. The van der Waals surface area contributed by atoms with Crippen LogP contribution in [-0.4, -0.2) is 55.1 Å². The third kappa shape index (κ3) is 5.01. The van der Waals surface area contributed by atoms with Crippen LogP contribution in [0.5, 0.6) is 0 Å². The minimum absolute atomic E-state index is 0.290. The number of hydrogen-bond donors (Lipinski definition) is 3. The second kappa shape index (κ2) is 7.33. The monoisotopic (exact) mass is 254 g/mol. The van der Waals surface area contributed by atoms with Crippen LogP contribution in [0.4, 0.5) is 5.69 Å². The number of aliphatic hydroxyl groups is 2. The van der Waals surface area contributed by atoms with E-state index in [0.29, 0.717) is 25.4 Å². The summed E-state index contributed by atoms with van der Waals surface area (Å²) in [4.78, 5) is 1.86. The normalized spacial score (nSPS) is 14.7. The van der Waals surface area contributed by atoms with Crippen LogP contribution in [0.2, 0.25) is 0 Å². The van der Waals surface area contributed by atoms with Crippen molar-refractivity contribution in [2.75, 3.05) is 39.6 Å². The average molecular weight is 254 g/mol. The predicted octanol–water partition coefficient (Wildman–Crippen LogP) is 0.241. The minimum atomic E-state index is -0.617. The van der Waals surface area contributed by atoms with Crippen LogP contribution in [0.25, 0.3) is 0 Å². The van der Waals surface area contributed by atoms with Crippen LogP contribution < -0.4 is 5.73 Å². The largest absolute Gasteiger partial charge is 0.399 e. The molecule has 102 valence electrons. The molecule has 0 spiro atoms. The van der Waals surface area contributed by atoms with E-state index in [0.717, 1.165) is 5.56 Å². The molecule has 5 heteroatoms. The fourth-order valence-electron chi connectivity index (χ4n) is 1.85.